The number of carbonyl (C=O) groups excluding carboxylic acids is 1. The topological polar surface area (TPSA) is 113 Å². The molecule has 0 bridgehead atoms. The smallest absolute Gasteiger partial charge is 0.330 e. The first-order chi connectivity index (χ1) is 13.8. The zero-order chi connectivity index (χ0) is 21.1. The number of halogens is 1. The standard InChI is InChI=1S/C20H20ClN5O3/c1-12-8-9-14(10-15(12)21)23-19(28)25(2)16-17(22)26(20(29)24-18(16)27)11-13-6-4-3-5-7-13/h3-10H,11,22H2,1-2H3,(H,23,28)(H,24,27,29). The lowest BCUT2D eigenvalue weighted by Gasteiger charge is -2.21. The number of anilines is 3. The Morgan fingerprint density at radius 3 is 2.55 bits per heavy atom. The number of hydrogen-bond donors (Lipinski definition) is 3. The number of nitrogens with one attached hydrogen (secondary N) is 2. The Balaban J connectivity index is 1.93. The zero-order valence-corrected chi connectivity index (χ0v) is 16.7. The van der Waals surface area contributed by atoms with Crippen molar-refractivity contribution in [1.29, 1.82) is 0 Å². The summed E-state index contributed by atoms with van der Waals surface area (Å²) in [6.45, 7) is 1.99. The fourth-order valence-electron chi connectivity index (χ4n) is 2.80. The van der Waals surface area contributed by atoms with Crippen molar-refractivity contribution in [3.8, 4) is 0 Å². The molecule has 0 atom stereocenters. The molecule has 150 valence electrons. The van der Waals surface area contributed by atoms with Crippen LogP contribution in [0.15, 0.2) is 58.1 Å². The van der Waals surface area contributed by atoms with Gasteiger partial charge in [0, 0.05) is 17.8 Å². The van der Waals surface area contributed by atoms with Crippen LogP contribution in [0, 0.1) is 6.92 Å². The molecule has 1 heterocycles. The van der Waals surface area contributed by atoms with Crippen molar-refractivity contribution in [3.05, 3.63) is 85.5 Å². The van der Waals surface area contributed by atoms with Crippen LogP contribution in [0.3, 0.4) is 0 Å². The molecule has 0 aliphatic carbocycles. The van der Waals surface area contributed by atoms with E-state index in [0.29, 0.717) is 10.7 Å². The Labute approximate surface area is 171 Å². The highest BCUT2D eigenvalue weighted by molar-refractivity contribution is 6.31. The third-order valence-corrected chi connectivity index (χ3v) is 4.87. The third kappa shape index (κ3) is 4.33. The molecule has 3 aromatic rings. The van der Waals surface area contributed by atoms with Gasteiger partial charge in [-0.1, -0.05) is 48.0 Å². The van der Waals surface area contributed by atoms with Crippen molar-refractivity contribution in [2.45, 2.75) is 13.5 Å². The number of aromatic amines is 1. The van der Waals surface area contributed by atoms with E-state index in [-0.39, 0.29) is 18.1 Å². The molecule has 0 saturated carbocycles. The molecule has 4 N–H and O–H groups in total. The van der Waals surface area contributed by atoms with E-state index >= 15 is 0 Å². The zero-order valence-electron chi connectivity index (χ0n) is 15.9. The molecule has 0 aliphatic rings. The van der Waals surface area contributed by atoms with Crippen LogP contribution < -0.4 is 27.2 Å². The monoisotopic (exact) mass is 413 g/mol. The SMILES string of the molecule is Cc1ccc(NC(=O)N(C)c2c(N)n(Cc3ccccc3)c(=O)[nH]c2=O)cc1Cl. The molecule has 3 rings (SSSR count). The first-order valence-corrected chi connectivity index (χ1v) is 9.13. The predicted octanol–water partition coefficient (Wildman–Crippen LogP) is 2.80. The fraction of sp³-hybridized carbons (Fsp3) is 0.150. The number of hydrogen-bond acceptors (Lipinski definition) is 4. The molecule has 9 heteroatoms. The highest BCUT2D eigenvalue weighted by atomic mass is 35.5. The van der Waals surface area contributed by atoms with Crippen molar-refractivity contribution in [3.63, 3.8) is 0 Å². The van der Waals surface area contributed by atoms with Crippen LogP contribution in [-0.4, -0.2) is 22.6 Å². The average molecular weight is 414 g/mol. The molecule has 0 radical (unpaired) electrons. The van der Waals surface area contributed by atoms with Gasteiger partial charge in [0.1, 0.15) is 5.82 Å². The Morgan fingerprint density at radius 1 is 1.21 bits per heavy atom. The van der Waals surface area contributed by atoms with Crippen molar-refractivity contribution < 1.29 is 4.79 Å². The Hall–Kier alpha value is -3.52. The van der Waals surface area contributed by atoms with E-state index in [1.807, 2.05) is 37.3 Å². The molecule has 2 aromatic carbocycles. The lowest BCUT2D eigenvalue weighted by Crippen LogP contribution is -2.41. The van der Waals surface area contributed by atoms with Gasteiger partial charge in [0.15, 0.2) is 5.69 Å². The van der Waals surface area contributed by atoms with Gasteiger partial charge in [0.2, 0.25) is 0 Å². The molecular weight excluding hydrogens is 394 g/mol. The molecular formula is C20H20ClN5O3. The summed E-state index contributed by atoms with van der Waals surface area (Å²) in [5, 5.41) is 3.15. The van der Waals surface area contributed by atoms with Crippen LogP contribution in [0.5, 0.6) is 0 Å². The van der Waals surface area contributed by atoms with Crippen LogP contribution >= 0.6 is 11.6 Å². The highest BCUT2D eigenvalue weighted by Crippen LogP contribution is 2.21. The molecule has 0 saturated heterocycles. The van der Waals surface area contributed by atoms with Gasteiger partial charge in [-0.05, 0) is 30.2 Å². The molecule has 2 amide bonds. The summed E-state index contributed by atoms with van der Waals surface area (Å²) in [6.07, 6.45) is 0. The number of amides is 2. The molecule has 0 fully saturated rings. The van der Waals surface area contributed by atoms with Gasteiger partial charge in [0.05, 0.1) is 6.54 Å². The van der Waals surface area contributed by atoms with Gasteiger partial charge in [-0.25, -0.2) is 9.59 Å². The predicted molar refractivity (Wildman–Crippen MR) is 115 cm³/mol. The number of aromatic nitrogens is 2. The Kier molecular flexibility index (Phi) is 5.74. The van der Waals surface area contributed by atoms with Crippen molar-refractivity contribution in [2.24, 2.45) is 0 Å². The molecule has 0 aliphatic heterocycles. The number of aryl methyl sites for hydroxylation is 1. The van der Waals surface area contributed by atoms with Gasteiger partial charge < -0.3 is 11.1 Å². The normalized spacial score (nSPS) is 10.6. The molecule has 0 spiro atoms. The van der Waals surface area contributed by atoms with Gasteiger partial charge >= 0.3 is 11.7 Å². The number of nitrogen functional groups attached to an aromatic ring is 1. The van der Waals surface area contributed by atoms with Crippen LogP contribution in [0.1, 0.15) is 11.1 Å². The molecule has 8 nitrogen and oxygen atoms in total. The number of nitrogens with zero attached hydrogens (tertiary/aromatic N) is 2. The van der Waals surface area contributed by atoms with Gasteiger partial charge in [-0.3, -0.25) is 19.2 Å². The Bertz CT molecular complexity index is 1170. The van der Waals surface area contributed by atoms with E-state index in [2.05, 4.69) is 10.3 Å². The summed E-state index contributed by atoms with van der Waals surface area (Å²) in [7, 11) is 1.39. The van der Waals surface area contributed by atoms with Gasteiger partial charge in [-0.15, -0.1) is 0 Å². The van der Waals surface area contributed by atoms with Crippen molar-refractivity contribution >= 4 is 34.8 Å². The second kappa shape index (κ2) is 8.24. The van der Waals surface area contributed by atoms with E-state index in [0.717, 1.165) is 16.0 Å². The maximum Gasteiger partial charge on any atom is 0.330 e. The largest absolute Gasteiger partial charge is 0.383 e. The third-order valence-electron chi connectivity index (χ3n) is 4.46. The maximum absolute atomic E-state index is 12.6. The minimum Gasteiger partial charge on any atom is -0.383 e. The molecule has 1 aromatic heterocycles. The summed E-state index contributed by atoms with van der Waals surface area (Å²) < 4.78 is 1.21. The van der Waals surface area contributed by atoms with Crippen LogP contribution in [-0.2, 0) is 6.54 Å². The first-order valence-electron chi connectivity index (χ1n) is 8.75. The van der Waals surface area contributed by atoms with E-state index in [9.17, 15) is 14.4 Å². The van der Waals surface area contributed by atoms with Crippen molar-refractivity contribution in [2.75, 3.05) is 23.0 Å². The summed E-state index contributed by atoms with van der Waals surface area (Å²) in [5.41, 5.74) is 6.72. The highest BCUT2D eigenvalue weighted by Gasteiger charge is 2.21. The maximum atomic E-state index is 12.6. The number of nitrogens with two attached hydrogens (primary N) is 1. The number of carbonyl (C=O) groups is 1. The van der Waals surface area contributed by atoms with Gasteiger partial charge in [-0.2, -0.15) is 0 Å². The summed E-state index contributed by atoms with van der Waals surface area (Å²) >= 11 is 6.08. The Morgan fingerprint density at radius 2 is 1.90 bits per heavy atom. The first kappa shape index (κ1) is 20.2. The number of H-pyrrole nitrogens is 1. The summed E-state index contributed by atoms with van der Waals surface area (Å²) in [4.78, 5) is 40.6. The average Bonchev–Trinajstić information content (AvgIpc) is 2.68. The lowest BCUT2D eigenvalue weighted by atomic mass is 10.2. The van der Waals surface area contributed by atoms with Crippen LogP contribution in [0.2, 0.25) is 5.02 Å². The minimum absolute atomic E-state index is 0.109. The molecule has 0 unspecified atom stereocenters. The van der Waals surface area contributed by atoms with Crippen LogP contribution in [0.4, 0.5) is 22.0 Å². The molecule has 29 heavy (non-hydrogen) atoms. The van der Waals surface area contributed by atoms with E-state index in [4.69, 9.17) is 17.3 Å². The second-order valence-corrected chi connectivity index (χ2v) is 6.93. The second-order valence-electron chi connectivity index (χ2n) is 6.52. The van der Waals surface area contributed by atoms with E-state index < -0.39 is 17.3 Å². The fourth-order valence-corrected chi connectivity index (χ4v) is 2.98. The van der Waals surface area contributed by atoms with Gasteiger partial charge in [0.25, 0.3) is 5.56 Å². The van der Waals surface area contributed by atoms with E-state index in [1.54, 1.807) is 18.2 Å². The van der Waals surface area contributed by atoms with Crippen molar-refractivity contribution in [1.82, 2.24) is 9.55 Å². The minimum atomic E-state index is -0.753. The van der Waals surface area contributed by atoms with Crippen LogP contribution in [0.25, 0.3) is 0 Å². The summed E-state index contributed by atoms with van der Waals surface area (Å²) in [5.74, 6) is -0.109. The number of benzene rings is 2. The van der Waals surface area contributed by atoms with E-state index in [1.165, 1.54) is 11.6 Å². The summed E-state index contributed by atoms with van der Waals surface area (Å²) in [6, 6.07) is 13.6. The number of urea groups is 1. The number of rotatable bonds is 4. The lowest BCUT2D eigenvalue weighted by molar-refractivity contribution is 0.258. The quantitative estimate of drug-likeness (QED) is 0.610.